The molecular weight excluding hydrogens is 394 g/mol. The molecule has 3 N–H and O–H groups in total. The minimum atomic E-state index is -0.568. The number of nitrogens with one attached hydrogen (secondary N) is 1. The van der Waals surface area contributed by atoms with Crippen molar-refractivity contribution in [3.63, 3.8) is 0 Å². The molecule has 1 aromatic carbocycles. The number of anilines is 1. The Hall–Kier alpha value is -4.01. The average Bonchev–Trinajstić information content (AvgIpc) is 3.35. The van der Waals surface area contributed by atoms with Gasteiger partial charge < -0.3 is 11.1 Å². The highest BCUT2D eigenvalue weighted by Gasteiger charge is 2.17. The molecule has 0 aliphatic heterocycles. The van der Waals surface area contributed by atoms with Crippen LogP contribution >= 0.6 is 0 Å². The lowest BCUT2D eigenvalue weighted by Gasteiger charge is -2.11. The number of amides is 2. The van der Waals surface area contributed by atoms with Crippen LogP contribution in [0.25, 0.3) is 5.65 Å². The first kappa shape index (κ1) is 20.3. The van der Waals surface area contributed by atoms with Crippen molar-refractivity contribution in [2.24, 2.45) is 5.73 Å². The van der Waals surface area contributed by atoms with E-state index in [0.29, 0.717) is 24.3 Å². The summed E-state index contributed by atoms with van der Waals surface area (Å²) >= 11 is 0. The van der Waals surface area contributed by atoms with Gasteiger partial charge in [0, 0.05) is 24.0 Å². The van der Waals surface area contributed by atoms with Crippen molar-refractivity contribution < 1.29 is 9.59 Å². The van der Waals surface area contributed by atoms with Gasteiger partial charge in [-0.2, -0.15) is 10.2 Å². The van der Waals surface area contributed by atoms with E-state index in [1.54, 1.807) is 15.4 Å². The molecule has 0 bridgehead atoms. The third-order valence-corrected chi connectivity index (χ3v) is 5.18. The van der Waals surface area contributed by atoms with E-state index in [1.165, 1.54) is 6.20 Å². The molecule has 9 heteroatoms. The second-order valence-corrected chi connectivity index (χ2v) is 7.38. The van der Waals surface area contributed by atoms with E-state index in [1.807, 2.05) is 50.4 Å². The Balaban J connectivity index is 1.41. The summed E-state index contributed by atoms with van der Waals surface area (Å²) in [6.45, 7) is 4.38. The molecule has 0 radical (unpaired) electrons. The number of nitrogens with zero attached hydrogens (tertiary/aromatic N) is 5. The molecule has 31 heavy (non-hydrogen) atoms. The quantitative estimate of drug-likeness (QED) is 0.478. The topological polar surface area (TPSA) is 120 Å². The van der Waals surface area contributed by atoms with E-state index < -0.39 is 5.91 Å². The predicted molar refractivity (Wildman–Crippen MR) is 116 cm³/mol. The number of aromatic nitrogens is 5. The SMILES string of the molecule is Cc1nc2c(C(N)=O)cnn2c(C)c1CCC(=O)Nc1cnn(Cc2ccccc2)c1. The lowest BCUT2D eigenvalue weighted by molar-refractivity contribution is -0.116. The van der Waals surface area contributed by atoms with Crippen LogP contribution in [0.5, 0.6) is 0 Å². The zero-order chi connectivity index (χ0) is 22.0. The molecule has 9 nitrogen and oxygen atoms in total. The molecule has 0 aliphatic carbocycles. The molecule has 0 aliphatic rings. The fraction of sp³-hybridized carbons (Fsp3) is 0.227. The summed E-state index contributed by atoms with van der Waals surface area (Å²) in [4.78, 5) is 28.5. The fourth-order valence-corrected chi connectivity index (χ4v) is 3.59. The summed E-state index contributed by atoms with van der Waals surface area (Å²) in [5, 5.41) is 11.4. The molecular formula is C22H23N7O2. The maximum absolute atomic E-state index is 12.5. The number of aryl methyl sites for hydroxylation is 2. The van der Waals surface area contributed by atoms with Gasteiger partial charge in [0.15, 0.2) is 5.65 Å². The van der Waals surface area contributed by atoms with Crippen LogP contribution in [0.2, 0.25) is 0 Å². The van der Waals surface area contributed by atoms with Gasteiger partial charge in [-0.1, -0.05) is 30.3 Å². The van der Waals surface area contributed by atoms with Gasteiger partial charge in [-0.3, -0.25) is 14.3 Å². The Morgan fingerprint density at radius 3 is 2.61 bits per heavy atom. The Bertz CT molecular complexity index is 1260. The third-order valence-electron chi connectivity index (χ3n) is 5.18. The van der Waals surface area contributed by atoms with Crippen molar-refractivity contribution in [3.8, 4) is 0 Å². The van der Waals surface area contributed by atoms with Gasteiger partial charge in [0.2, 0.25) is 5.91 Å². The first-order valence-electron chi connectivity index (χ1n) is 9.92. The van der Waals surface area contributed by atoms with Gasteiger partial charge in [-0.25, -0.2) is 9.50 Å². The summed E-state index contributed by atoms with van der Waals surface area (Å²) in [6.07, 6.45) is 5.64. The number of carbonyl (C=O) groups is 2. The minimum absolute atomic E-state index is 0.114. The van der Waals surface area contributed by atoms with Crippen LogP contribution in [0, 0.1) is 13.8 Å². The largest absolute Gasteiger partial charge is 0.365 e. The molecule has 0 fully saturated rings. The normalized spacial score (nSPS) is 11.0. The fourth-order valence-electron chi connectivity index (χ4n) is 3.59. The summed E-state index contributed by atoms with van der Waals surface area (Å²) in [6, 6.07) is 9.99. The number of fused-ring (bicyclic) bond motifs is 1. The van der Waals surface area contributed by atoms with Crippen LogP contribution in [-0.4, -0.2) is 36.2 Å². The van der Waals surface area contributed by atoms with Gasteiger partial charge >= 0.3 is 0 Å². The number of rotatable bonds is 7. The second-order valence-electron chi connectivity index (χ2n) is 7.38. The summed E-state index contributed by atoms with van der Waals surface area (Å²) in [7, 11) is 0. The Morgan fingerprint density at radius 2 is 1.87 bits per heavy atom. The van der Waals surface area contributed by atoms with Crippen molar-refractivity contribution >= 4 is 23.1 Å². The molecule has 4 rings (SSSR count). The molecule has 0 saturated carbocycles. The van der Waals surface area contributed by atoms with E-state index >= 15 is 0 Å². The van der Waals surface area contributed by atoms with E-state index in [-0.39, 0.29) is 17.9 Å². The summed E-state index contributed by atoms with van der Waals surface area (Å²) in [5.41, 5.74) is 10.4. The van der Waals surface area contributed by atoms with Gasteiger partial charge in [-0.15, -0.1) is 0 Å². The molecule has 0 unspecified atom stereocenters. The maximum atomic E-state index is 12.5. The van der Waals surface area contributed by atoms with Gasteiger partial charge in [0.05, 0.1) is 24.6 Å². The predicted octanol–water partition coefficient (Wildman–Crippen LogP) is 2.26. The molecule has 4 aromatic rings. The second kappa shape index (κ2) is 8.39. The molecule has 3 heterocycles. The van der Waals surface area contributed by atoms with Crippen molar-refractivity contribution in [1.29, 1.82) is 0 Å². The highest BCUT2D eigenvalue weighted by molar-refractivity contribution is 5.98. The number of hydrogen-bond acceptors (Lipinski definition) is 5. The van der Waals surface area contributed by atoms with Gasteiger partial charge in [-0.05, 0) is 31.4 Å². The van der Waals surface area contributed by atoms with E-state index in [9.17, 15) is 9.59 Å². The van der Waals surface area contributed by atoms with Crippen LogP contribution < -0.4 is 11.1 Å². The first-order chi connectivity index (χ1) is 14.9. The first-order valence-corrected chi connectivity index (χ1v) is 9.92. The molecule has 0 saturated heterocycles. The number of nitrogens with two attached hydrogens (primary N) is 1. The van der Waals surface area contributed by atoms with Crippen LogP contribution in [0.15, 0.2) is 48.9 Å². The van der Waals surface area contributed by atoms with Crippen LogP contribution in [0.4, 0.5) is 5.69 Å². The van der Waals surface area contributed by atoms with Crippen LogP contribution in [-0.2, 0) is 17.8 Å². The Labute approximate surface area is 178 Å². The average molecular weight is 417 g/mol. The third kappa shape index (κ3) is 4.30. The van der Waals surface area contributed by atoms with Gasteiger partial charge in [0.1, 0.15) is 5.56 Å². The van der Waals surface area contributed by atoms with Crippen molar-refractivity contribution in [3.05, 3.63) is 77.0 Å². The molecule has 0 atom stereocenters. The zero-order valence-electron chi connectivity index (χ0n) is 17.4. The Kier molecular flexibility index (Phi) is 5.48. The molecule has 158 valence electrons. The monoisotopic (exact) mass is 417 g/mol. The molecule has 3 aromatic heterocycles. The summed E-state index contributed by atoms with van der Waals surface area (Å²) < 4.78 is 3.37. The summed E-state index contributed by atoms with van der Waals surface area (Å²) in [5.74, 6) is -0.683. The highest BCUT2D eigenvalue weighted by Crippen LogP contribution is 2.19. The van der Waals surface area contributed by atoms with Crippen molar-refractivity contribution in [2.45, 2.75) is 33.2 Å². The van der Waals surface area contributed by atoms with E-state index in [2.05, 4.69) is 20.5 Å². The van der Waals surface area contributed by atoms with E-state index in [4.69, 9.17) is 5.73 Å². The van der Waals surface area contributed by atoms with Crippen LogP contribution in [0.3, 0.4) is 0 Å². The van der Waals surface area contributed by atoms with Crippen LogP contribution in [0.1, 0.15) is 39.3 Å². The number of hydrogen-bond donors (Lipinski definition) is 2. The number of carbonyl (C=O) groups excluding carboxylic acids is 2. The molecule has 2 amide bonds. The Morgan fingerprint density at radius 1 is 1.10 bits per heavy atom. The standard InChI is InChI=1S/C22H23N7O2/c1-14-18(15(2)29-22(26-14)19(11-25-29)21(23)31)8-9-20(30)27-17-10-24-28(13-17)12-16-6-4-3-5-7-16/h3-7,10-11,13H,8-9,12H2,1-2H3,(H2,23,31)(H,27,30). The van der Waals surface area contributed by atoms with E-state index in [0.717, 1.165) is 22.5 Å². The lowest BCUT2D eigenvalue weighted by atomic mass is 10.1. The molecule has 0 spiro atoms. The van der Waals surface area contributed by atoms with Crippen molar-refractivity contribution in [1.82, 2.24) is 24.4 Å². The van der Waals surface area contributed by atoms with Gasteiger partial charge in [0.25, 0.3) is 5.91 Å². The lowest BCUT2D eigenvalue weighted by Crippen LogP contribution is -2.15. The number of primary amides is 1. The highest BCUT2D eigenvalue weighted by atomic mass is 16.2. The maximum Gasteiger partial charge on any atom is 0.254 e. The van der Waals surface area contributed by atoms with Crippen molar-refractivity contribution in [2.75, 3.05) is 5.32 Å². The smallest absolute Gasteiger partial charge is 0.254 e. The minimum Gasteiger partial charge on any atom is -0.365 e. The zero-order valence-corrected chi connectivity index (χ0v) is 17.4. The number of benzene rings is 1.